The minimum atomic E-state index is -1.38. The van der Waals surface area contributed by atoms with Crippen molar-refractivity contribution in [1.29, 1.82) is 0 Å². The Morgan fingerprint density at radius 1 is 1.34 bits per heavy atom. The van der Waals surface area contributed by atoms with Crippen LogP contribution in [-0.2, 0) is 22.6 Å². The van der Waals surface area contributed by atoms with Gasteiger partial charge in [0, 0.05) is 18.7 Å². The van der Waals surface area contributed by atoms with E-state index in [2.05, 4.69) is 9.30 Å². The number of fused-ring (bicyclic) bond motifs is 4. The van der Waals surface area contributed by atoms with Gasteiger partial charge >= 0.3 is 0 Å². The fourth-order valence-electron chi connectivity index (χ4n) is 3.90. The van der Waals surface area contributed by atoms with E-state index in [-0.39, 0.29) is 11.6 Å². The first-order chi connectivity index (χ1) is 13.7. The maximum atomic E-state index is 13.3. The molecule has 1 saturated heterocycles. The Kier molecular flexibility index (Phi) is 5.21. The number of rotatable bonds is 2. The van der Waals surface area contributed by atoms with E-state index < -0.39 is 16.1 Å². The standard InChI is InChI=1S/C21H28N4O3S/c1-13-10-16(14(2)23-29(27)21(3,4)5)18-17(11-13)19(26)25-7-6-15-12-28-9-8-24(15)20(25)22-18/h10-11,15H,6-9,12H2,1-5H3. The molecule has 1 aromatic carbocycles. The lowest BCUT2D eigenvalue weighted by atomic mass is 10.0. The highest BCUT2D eigenvalue weighted by Gasteiger charge is 2.32. The maximum absolute atomic E-state index is 13.3. The summed E-state index contributed by atoms with van der Waals surface area (Å²) in [7, 11) is 0. The molecule has 29 heavy (non-hydrogen) atoms. The van der Waals surface area contributed by atoms with E-state index in [1.807, 2.05) is 46.8 Å². The average Bonchev–Trinajstić information content (AvgIpc) is 2.67. The zero-order chi connectivity index (χ0) is 20.9. The van der Waals surface area contributed by atoms with Crippen LogP contribution in [0.3, 0.4) is 0 Å². The van der Waals surface area contributed by atoms with Gasteiger partial charge in [-0.05, 0) is 58.7 Å². The first kappa shape index (κ1) is 20.4. The fourth-order valence-corrected chi connectivity index (χ4v) is 4.52. The summed E-state index contributed by atoms with van der Waals surface area (Å²) in [6.07, 6.45) is 0.879. The van der Waals surface area contributed by atoms with Crippen LogP contribution in [0.2, 0.25) is 0 Å². The third-order valence-electron chi connectivity index (χ3n) is 5.49. The Labute approximate surface area is 174 Å². The molecule has 4 rings (SSSR count). The lowest BCUT2D eigenvalue weighted by Gasteiger charge is -2.41. The van der Waals surface area contributed by atoms with Crippen LogP contribution in [0.4, 0.5) is 5.95 Å². The van der Waals surface area contributed by atoms with Crippen LogP contribution >= 0.6 is 0 Å². The van der Waals surface area contributed by atoms with Gasteiger partial charge in [-0.25, -0.2) is 4.98 Å². The zero-order valence-corrected chi connectivity index (χ0v) is 18.5. The van der Waals surface area contributed by atoms with Crippen molar-refractivity contribution in [2.45, 2.75) is 58.4 Å². The van der Waals surface area contributed by atoms with E-state index in [1.54, 1.807) is 4.57 Å². The van der Waals surface area contributed by atoms with Crippen molar-refractivity contribution in [2.24, 2.45) is 4.40 Å². The van der Waals surface area contributed by atoms with Gasteiger partial charge in [0.25, 0.3) is 5.56 Å². The molecule has 8 heteroatoms. The third kappa shape index (κ3) is 3.69. The van der Waals surface area contributed by atoms with Gasteiger partial charge in [0.15, 0.2) is 0 Å². The van der Waals surface area contributed by atoms with Crippen molar-refractivity contribution >= 4 is 33.9 Å². The Balaban J connectivity index is 1.92. The van der Waals surface area contributed by atoms with Crippen molar-refractivity contribution in [2.75, 3.05) is 24.7 Å². The molecule has 156 valence electrons. The molecule has 0 N–H and O–H groups in total. The molecule has 2 aliphatic heterocycles. The molecule has 0 aliphatic carbocycles. The summed E-state index contributed by atoms with van der Waals surface area (Å²) in [6, 6.07) is 4.12. The number of nitrogens with zero attached hydrogens (tertiary/aromatic N) is 4. The molecule has 2 aliphatic rings. The van der Waals surface area contributed by atoms with E-state index >= 15 is 0 Å². The molecule has 3 heterocycles. The van der Waals surface area contributed by atoms with E-state index in [4.69, 9.17) is 9.72 Å². The average molecular weight is 417 g/mol. The smallest absolute Gasteiger partial charge is 0.262 e. The summed E-state index contributed by atoms with van der Waals surface area (Å²) in [6.45, 7) is 12.2. The van der Waals surface area contributed by atoms with Crippen LogP contribution < -0.4 is 10.5 Å². The number of aryl methyl sites for hydroxylation is 1. The quantitative estimate of drug-likeness (QED) is 0.555. The molecule has 0 radical (unpaired) electrons. The number of hydrogen-bond acceptors (Lipinski definition) is 6. The summed E-state index contributed by atoms with van der Waals surface area (Å²) in [5, 5.41) is 0.589. The SMILES string of the molecule is CC(=N[S+]([O-])C(C)(C)C)c1cc(C)cc2c(=O)n3c(nc12)N1CCOCC1CC3. The van der Waals surface area contributed by atoms with Crippen LogP contribution in [0.1, 0.15) is 45.2 Å². The number of ether oxygens (including phenoxy) is 1. The second kappa shape index (κ2) is 7.41. The van der Waals surface area contributed by atoms with Gasteiger partial charge in [-0.2, -0.15) is 0 Å². The second-order valence-corrected chi connectivity index (χ2v) is 10.7. The molecule has 2 aromatic rings. The minimum Gasteiger partial charge on any atom is -0.591 e. The Hall–Kier alpha value is -1.90. The molecule has 0 saturated carbocycles. The van der Waals surface area contributed by atoms with Crippen molar-refractivity contribution in [3.05, 3.63) is 33.6 Å². The first-order valence-corrected chi connectivity index (χ1v) is 11.1. The number of anilines is 1. The van der Waals surface area contributed by atoms with Crippen LogP contribution in [-0.4, -0.2) is 50.4 Å². The van der Waals surface area contributed by atoms with Crippen LogP contribution in [0.25, 0.3) is 10.9 Å². The molecular weight excluding hydrogens is 388 g/mol. The molecule has 0 amide bonds. The van der Waals surface area contributed by atoms with Gasteiger partial charge in [-0.3, -0.25) is 9.36 Å². The van der Waals surface area contributed by atoms with Crippen LogP contribution in [0.15, 0.2) is 21.3 Å². The van der Waals surface area contributed by atoms with Gasteiger partial charge in [0.05, 0.1) is 35.9 Å². The molecule has 2 atom stereocenters. The summed E-state index contributed by atoms with van der Waals surface area (Å²) < 4.78 is 24.0. The lowest BCUT2D eigenvalue weighted by Crippen LogP contribution is -2.52. The predicted octanol–water partition coefficient (Wildman–Crippen LogP) is 2.59. The molecule has 7 nitrogen and oxygen atoms in total. The lowest BCUT2D eigenvalue weighted by molar-refractivity contribution is 0.0844. The van der Waals surface area contributed by atoms with Crippen molar-refractivity contribution in [3.8, 4) is 0 Å². The number of morpholine rings is 1. The van der Waals surface area contributed by atoms with Crippen LogP contribution in [0.5, 0.6) is 0 Å². The van der Waals surface area contributed by atoms with Gasteiger partial charge in [-0.15, -0.1) is 0 Å². The number of benzene rings is 1. The third-order valence-corrected chi connectivity index (χ3v) is 6.97. The molecule has 2 unspecified atom stereocenters. The Morgan fingerprint density at radius 2 is 2.10 bits per heavy atom. The largest absolute Gasteiger partial charge is 0.591 e. The molecule has 0 spiro atoms. The Bertz CT molecular complexity index is 1040. The topological polar surface area (TPSA) is 82.8 Å². The second-order valence-electron chi connectivity index (χ2n) is 8.83. The molecule has 1 fully saturated rings. The van der Waals surface area contributed by atoms with Crippen LogP contribution in [0, 0.1) is 6.92 Å². The van der Waals surface area contributed by atoms with E-state index in [1.165, 1.54) is 0 Å². The van der Waals surface area contributed by atoms with Crippen molar-refractivity contribution in [3.63, 3.8) is 0 Å². The van der Waals surface area contributed by atoms with Gasteiger partial charge in [0.1, 0.15) is 16.1 Å². The van der Waals surface area contributed by atoms with E-state index in [9.17, 15) is 9.35 Å². The molecule has 1 aromatic heterocycles. The molecule has 0 bridgehead atoms. The number of aromatic nitrogens is 2. The van der Waals surface area contributed by atoms with E-state index in [0.717, 1.165) is 24.1 Å². The van der Waals surface area contributed by atoms with Crippen molar-refractivity contribution < 1.29 is 9.29 Å². The summed E-state index contributed by atoms with van der Waals surface area (Å²) in [4.78, 5) is 20.5. The fraction of sp³-hybridized carbons (Fsp3) is 0.571. The normalized spacial score (nSPS) is 21.1. The van der Waals surface area contributed by atoms with E-state index in [0.29, 0.717) is 42.3 Å². The predicted molar refractivity (Wildman–Crippen MR) is 117 cm³/mol. The zero-order valence-electron chi connectivity index (χ0n) is 17.7. The van der Waals surface area contributed by atoms with Crippen molar-refractivity contribution in [1.82, 2.24) is 9.55 Å². The monoisotopic (exact) mass is 416 g/mol. The highest BCUT2D eigenvalue weighted by molar-refractivity contribution is 7.91. The van der Waals surface area contributed by atoms with Gasteiger partial charge < -0.3 is 14.2 Å². The molecular formula is C21H28N4O3S. The number of hydrogen-bond donors (Lipinski definition) is 0. The van der Waals surface area contributed by atoms with Gasteiger partial charge in [-0.1, -0.05) is 4.40 Å². The summed E-state index contributed by atoms with van der Waals surface area (Å²) >= 11 is -1.38. The maximum Gasteiger partial charge on any atom is 0.262 e. The highest BCUT2D eigenvalue weighted by atomic mass is 32.2. The first-order valence-electron chi connectivity index (χ1n) is 10.0. The minimum absolute atomic E-state index is 0.0235. The van der Waals surface area contributed by atoms with Gasteiger partial charge in [0.2, 0.25) is 5.95 Å². The summed E-state index contributed by atoms with van der Waals surface area (Å²) in [5.74, 6) is 0.705. The Morgan fingerprint density at radius 3 is 2.83 bits per heavy atom. The highest BCUT2D eigenvalue weighted by Crippen LogP contribution is 2.28. The summed E-state index contributed by atoms with van der Waals surface area (Å²) in [5.41, 5.74) is 2.98.